The molecule has 1 amide bonds. The number of aryl methyl sites for hydroxylation is 1. The number of nitrogens with one attached hydrogen (secondary N) is 1. The lowest BCUT2D eigenvalue weighted by atomic mass is 10.1. The fourth-order valence-electron chi connectivity index (χ4n) is 3.03. The number of carbonyl (C=O) groups is 1. The maximum Gasteiger partial charge on any atom is 0.352 e. The third-order valence-electron chi connectivity index (χ3n) is 4.73. The molecule has 0 radical (unpaired) electrons. The summed E-state index contributed by atoms with van der Waals surface area (Å²) in [5.41, 5.74) is -0.301. The highest BCUT2D eigenvalue weighted by Gasteiger charge is 2.20. The minimum Gasteiger partial charge on any atom is -0.385 e. The minimum absolute atomic E-state index is 0.0495. The molecule has 3 aromatic rings. The zero-order valence-corrected chi connectivity index (χ0v) is 17.3. The van der Waals surface area contributed by atoms with E-state index in [1.165, 1.54) is 18.2 Å². The van der Waals surface area contributed by atoms with Crippen LogP contribution in [0.1, 0.15) is 28.0 Å². The number of methoxy groups -OCH3 is 1. The van der Waals surface area contributed by atoms with Gasteiger partial charge in [-0.3, -0.25) is 14.2 Å². The molecule has 162 valence electrons. The molecular weight excluding hydrogens is 403 g/mol. The number of rotatable bonds is 8. The van der Waals surface area contributed by atoms with Gasteiger partial charge in [0.15, 0.2) is 0 Å². The molecule has 0 unspecified atom stereocenters. The first-order valence-electron chi connectivity index (χ1n) is 9.74. The molecule has 0 atom stereocenters. The molecule has 3 rings (SSSR count). The Labute approximate surface area is 177 Å². The van der Waals surface area contributed by atoms with Crippen molar-refractivity contribution in [3.8, 4) is 5.69 Å². The van der Waals surface area contributed by atoms with Crippen molar-refractivity contribution < 1.29 is 13.9 Å². The summed E-state index contributed by atoms with van der Waals surface area (Å²) in [5.74, 6) is -1.29. The fraction of sp³-hybridized carbons (Fsp3) is 0.273. The summed E-state index contributed by atoms with van der Waals surface area (Å²) in [6, 6.07) is 12.5. The average Bonchev–Trinajstić information content (AvgIpc) is 2.75. The Morgan fingerprint density at radius 1 is 1.16 bits per heavy atom. The van der Waals surface area contributed by atoms with Gasteiger partial charge in [-0.05, 0) is 42.7 Å². The molecule has 1 N–H and O–H groups in total. The number of ether oxygens (including phenoxy) is 1. The van der Waals surface area contributed by atoms with Crippen LogP contribution in [0.3, 0.4) is 0 Å². The average molecular weight is 426 g/mol. The Morgan fingerprint density at radius 2 is 1.94 bits per heavy atom. The highest BCUT2D eigenvalue weighted by atomic mass is 19.1. The van der Waals surface area contributed by atoms with Crippen molar-refractivity contribution in [3.63, 3.8) is 0 Å². The molecule has 1 aromatic heterocycles. The van der Waals surface area contributed by atoms with Crippen molar-refractivity contribution in [2.24, 2.45) is 0 Å². The first-order valence-corrected chi connectivity index (χ1v) is 9.74. The third kappa shape index (κ3) is 5.13. The molecule has 0 spiro atoms. The molecular formula is C22H23FN4O4. The number of hydrogen-bond donors (Lipinski definition) is 1. The van der Waals surface area contributed by atoms with E-state index < -0.39 is 28.7 Å². The minimum atomic E-state index is -0.815. The van der Waals surface area contributed by atoms with E-state index in [0.29, 0.717) is 13.0 Å². The summed E-state index contributed by atoms with van der Waals surface area (Å²) in [7, 11) is 1.54. The Balaban J connectivity index is 2.11. The monoisotopic (exact) mass is 426 g/mol. The van der Waals surface area contributed by atoms with Crippen LogP contribution in [0.2, 0.25) is 0 Å². The van der Waals surface area contributed by atoms with Gasteiger partial charge in [0.25, 0.3) is 11.5 Å². The van der Waals surface area contributed by atoms with Crippen LogP contribution in [0, 0.1) is 12.7 Å². The van der Waals surface area contributed by atoms with Gasteiger partial charge in [0.2, 0.25) is 5.69 Å². The molecule has 0 fully saturated rings. The largest absolute Gasteiger partial charge is 0.385 e. The van der Waals surface area contributed by atoms with Gasteiger partial charge >= 0.3 is 5.69 Å². The van der Waals surface area contributed by atoms with Crippen LogP contribution in [0.5, 0.6) is 0 Å². The number of benzene rings is 2. The van der Waals surface area contributed by atoms with Crippen molar-refractivity contribution in [1.82, 2.24) is 19.7 Å². The van der Waals surface area contributed by atoms with E-state index in [1.807, 2.05) is 19.1 Å². The summed E-state index contributed by atoms with van der Waals surface area (Å²) in [6.45, 7) is 2.51. The van der Waals surface area contributed by atoms with E-state index in [2.05, 4.69) is 10.4 Å². The van der Waals surface area contributed by atoms with Crippen LogP contribution >= 0.6 is 0 Å². The van der Waals surface area contributed by atoms with E-state index in [-0.39, 0.29) is 18.8 Å². The number of carbonyl (C=O) groups excluding carboxylic acids is 1. The van der Waals surface area contributed by atoms with E-state index in [9.17, 15) is 18.8 Å². The molecule has 8 nitrogen and oxygen atoms in total. The normalized spacial score (nSPS) is 10.8. The van der Waals surface area contributed by atoms with Gasteiger partial charge in [-0.1, -0.05) is 30.3 Å². The van der Waals surface area contributed by atoms with Crippen LogP contribution in [0.15, 0.2) is 58.1 Å². The molecule has 2 aromatic carbocycles. The van der Waals surface area contributed by atoms with E-state index in [4.69, 9.17) is 4.74 Å². The van der Waals surface area contributed by atoms with E-state index in [0.717, 1.165) is 26.4 Å². The van der Waals surface area contributed by atoms with Gasteiger partial charge in [0.05, 0.1) is 12.2 Å². The van der Waals surface area contributed by atoms with Crippen LogP contribution in [-0.4, -0.2) is 40.5 Å². The summed E-state index contributed by atoms with van der Waals surface area (Å²) in [6.07, 6.45) is 0.545. The molecule has 0 aliphatic heterocycles. The molecule has 0 bridgehead atoms. The summed E-state index contributed by atoms with van der Waals surface area (Å²) < 4.78 is 20.5. The van der Waals surface area contributed by atoms with Gasteiger partial charge in [-0.15, -0.1) is 0 Å². The molecule has 0 saturated heterocycles. The number of hydrogen-bond acceptors (Lipinski definition) is 5. The van der Waals surface area contributed by atoms with Crippen LogP contribution in [0.25, 0.3) is 5.69 Å². The molecule has 31 heavy (non-hydrogen) atoms. The fourth-order valence-corrected chi connectivity index (χ4v) is 3.03. The third-order valence-corrected chi connectivity index (χ3v) is 4.73. The zero-order chi connectivity index (χ0) is 22.4. The van der Waals surface area contributed by atoms with E-state index in [1.54, 1.807) is 19.2 Å². The second-order valence-electron chi connectivity index (χ2n) is 6.94. The maximum atomic E-state index is 13.8. The Bertz CT molecular complexity index is 1200. The molecule has 9 heteroatoms. The van der Waals surface area contributed by atoms with Crippen molar-refractivity contribution in [2.45, 2.75) is 19.9 Å². The van der Waals surface area contributed by atoms with Gasteiger partial charge in [0.1, 0.15) is 5.82 Å². The lowest BCUT2D eigenvalue weighted by Gasteiger charge is -2.13. The highest BCUT2D eigenvalue weighted by Crippen LogP contribution is 2.09. The second kappa shape index (κ2) is 9.94. The second-order valence-corrected chi connectivity index (χ2v) is 6.94. The Hall–Kier alpha value is -3.59. The predicted molar refractivity (Wildman–Crippen MR) is 113 cm³/mol. The van der Waals surface area contributed by atoms with Crippen LogP contribution < -0.4 is 16.6 Å². The molecule has 1 heterocycles. The van der Waals surface area contributed by atoms with Crippen molar-refractivity contribution in [3.05, 3.63) is 92.0 Å². The number of halogens is 1. The topological polar surface area (TPSA) is 95.2 Å². The number of nitrogens with zero attached hydrogens (tertiary/aromatic N) is 3. The predicted octanol–water partition coefficient (Wildman–Crippen LogP) is 1.66. The van der Waals surface area contributed by atoms with Gasteiger partial charge < -0.3 is 10.1 Å². The SMILES string of the molecule is COCCCNC(=O)c1nn(-c2cccc(F)c2)c(=O)n(Cc2ccccc2C)c1=O. The van der Waals surface area contributed by atoms with Crippen molar-refractivity contribution in [2.75, 3.05) is 20.3 Å². The quantitative estimate of drug-likeness (QED) is 0.553. The first-order chi connectivity index (χ1) is 14.9. The van der Waals surface area contributed by atoms with Gasteiger partial charge in [-0.2, -0.15) is 9.78 Å². The Kier molecular flexibility index (Phi) is 7.09. The smallest absolute Gasteiger partial charge is 0.352 e. The molecule has 0 saturated carbocycles. The number of aromatic nitrogens is 3. The molecule has 0 aliphatic carbocycles. The zero-order valence-electron chi connectivity index (χ0n) is 17.3. The van der Waals surface area contributed by atoms with Crippen LogP contribution in [0.4, 0.5) is 4.39 Å². The summed E-state index contributed by atoms with van der Waals surface area (Å²) in [5, 5.41) is 6.57. The van der Waals surface area contributed by atoms with E-state index >= 15 is 0 Å². The highest BCUT2D eigenvalue weighted by molar-refractivity contribution is 5.91. The lowest BCUT2D eigenvalue weighted by molar-refractivity contribution is 0.0938. The first kappa shape index (κ1) is 22.1. The Morgan fingerprint density at radius 3 is 2.65 bits per heavy atom. The summed E-state index contributed by atoms with van der Waals surface area (Å²) in [4.78, 5) is 38.7. The lowest BCUT2D eigenvalue weighted by Crippen LogP contribution is -2.46. The van der Waals surface area contributed by atoms with Crippen LogP contribution in [-0.2, 0) is 11.3 Å². The van der Waals surface area contributed by atoms with Crippen molar-refractivity contribution >= 4 is 5.91 Å². The maximum absolute atomic E-state index is 13.8. The summed E-state index contributed by atoms with van der Waals surface area (Å²) >= 11 is 0. The van der Waals surface area contributed by atoms with Gasteiger partial charge in [-0.25, -0.2) is 9.18 Å². The molecule has 0 aliphatic rings. The number of amides is 1. The van der Waals surface area contributed by atoms with Crippen molar-refractivity contribution in [1.29, 1.82) is 0 Å². The standard InChI is InChI=1S/C22H23FN4O4/c1-15-7-3-4-8-16(15)14-26-21(29)19(20(28)24-11-6-12-31-2)25-27(22(26)30)18-10-5-9-17(23)13-18/h3-5,7-10,13H,6,11-12,14H2,1-2H3,(H,24,28). The van der Waals surface area contributed by atoms with Gasteiger partial charge in [0, 0.05) is 20.3 Å².